The first-order valence-corrected chi connectivity index (χ1v) is 7.05. The van der Waals surface area contributed by atoms with Crippen LogP contribution >= 0.6 is 0 Å². The van der Waals surface area contributed by atoms with Gasteiger partial charge in [0.05, 0.1) is 18.4 Å². The molecule has 108 valence electrons. The summed E-state index contributed by atoms with van der Waals surface area (Å²) in [6.07, 6.45) is 3.95. The van der Waals surface area contributed by atoms with Crippen molar-refractivity contribution in [3.05, 3.63) is 47.8 Å². The van der Waals surface area contributed by atoms with Gasteiger partial charge in [-0.15, -0.1) is 0 Å². The van der Waals surface area contributed by atoms with Crippen LogP contribution in [0.25, 0.3) is 0 Å². The van der Waals surface area contributed by atoms with Gasteiger partial charge in [-0.1, -0.05) is 29.8 Å². The number of rotatable bonds is 6. The van der Waals surface area contributed by atoms with Gasteiger partial charge in [0, 0.05) is 18.8 Å². The Labute approximate surface area is 121 Å². The van der Waals surface area contributed by atoms with Gasteiger partial charge in [0.25, 0.3) is 0 Å². The number of aryl methyl sites for hydroxylation is 1. The number of anilines is 1. The van der Waals surface area contributed by atoms with Crippen LogP contribution in [0.5, 0.6) is 0 Å². The van der Waals surface area contributed by atoms with Crippen LogP contribution in [-0.4, -0.2) is 35.3 Å². The Hall–Kier alpha value is -1.81. The molecule has 2 aromatic rings. The molecule has 2 rings (SSSR count). The molecule has 1 aromatic carbocycles. The summed E-state index contributed by atoms with van der Waals surface area (Å²) in [6, 6.07) is 8.91. The lowest BCUT2D eigenvalue weighted by molar-refractivity contribution is 0.373. The maximum atomic E-state index is 4.38. The molecule has 20 heavy (non-hydrogen) atoms. The predicted molar refractivity (Wildman–Crippen MR) is 84.0 cm³/mol. The Morgan fingerprint density at radius 1 is 1.25 bits per heavy atom. The van der Waals surface area contributed by atoms with E-state index in [2.05, 4.69) is 73.7 Å². The minimum Gasteiger partial charge on any atom is -0.376 e. The lowest BCUT2D eigenvalue weighted by atomic mass is 10.1. The second-order valence-electron chi connectivity index (χ2n) is 5.57. The maximum absolute atomic E-state index is 4.38. The fourth-order valence-electron chi connectivity index (χ4n) is 2.05. The van der Waals surface area contributed by atoms with Crippen molar-refractivity contribution >= 4 is 5.69 Å². The average molecular weight is 272 g/mol. The second kappa shape index (κ2) is 6.57. The summed E-state index contributed by atoms with van der Waals surface area (Å²) in [5.41, 5.74) is 3.64. The molecule has 0 saturated heterocycles. The molecule has 0 fully saturated rings. The van der Waals surface area contributed by atoms with E-state index in [1.54, 1.807) is 0 Å². The van der Waals surface area contributed by atoms with Crippen molar-refractivity contribution in [2.45, 2.75) is 26.4 Å². The summed E-state index contributed by atoms with van der Waals surface area (Å²) in [5, 5.41) is 7.87. The summed E-state index contributed by atoms with van der Waals surface area (Å²) < 4.78 is 1.98. The van der Waals surface area contributed by atoms with Crippen LogP contribution in [0.2, 0.25) is 0 Å². The van der Waals surface area contributed by atoms with Crippen molar-refractivity contribution in [3.63, 3.8) is 0 Å². The number of nitrogens with zero attached hydrogens (tertiary/aromatic N) is 3. The number of likely N-dealkylation sites (N-methyl/N-ethyl adjacent to an activating group) is 1. The van der Waals surface area contributed by atoms with E-state index in [0.29, 0.717) is 0 Å². The minimum absolute atomic E-state index is 0.280. The van der Waals surface area contributed by atoms with Crippen molar-refractivity contribution in [1.82, 2.24) is 14.7 Å². The maximum Gasteiger partial charge on any atom is 0.0731 e. The van der Waals surface area contributed by atoms with E-state index in [9.17, 15) is 0 Å². The first kappa shape index (κ1) is 14.6. The summed E-state index contributed by atoms with van der Waals surface area (Å²) in [4.78, 5) is 2.16. The van der Waals surface area contributed by atoms with E-state index in [4.69, 9.17) is 0 Å². The molecular formula is C16H24N4. The Morgan fingerprint density at radius 2 is 1.95 bits per heavy atom. The van der Waals surface area contributed by atoms with Crippen LogP contribution in [0.4, 0.5) is 5.69 Å². The largest absolute Gasteiger partial charge is 0.376 e. The van der Waals surface area contributed by atoms with E-state index in [0.717, 1.165) is 18.8 Å². The van der Waals surface area contributed by atoms with Crippen LogP contribution in [-0.2, 0) is 6.54 Å². The van der Waals surface area contributed by atoms with Crippen LogP contribution in [0.1, 0.15) is 24.1 Å². The lowest BCUT2D eigenvalue weighted by Crippen LogP contribution is -2.18. The second-order valence-corrected chi connectivity index (χ2v) is 5.57. The molecule has 0 aliphatic heterocycles. The van der Waals surface area contributed by atoms with Gasteiger partial charge in [-0.2, -0.15) is 5.10 Å². The molecule has 0 bridgehead atoms. The standard InChI is InChI=1S/C16H24N4/c1-13-5-7-15(8-6-13)14(2)18-16-11-17-20(12-16)10-9-19(3)4/h5-8,11-12,14,18H,9-10H2,1-4H3/t14-/m0/s1. The smallest absolute Gasteiger partial charge is 0.0731 e. The number of hydrogen-bond acceptors (Lipinski definition) is 3. The van der Waals surface area contributed by atoms with Crippen LogP contribution in [0.15, 0.2) is 36.7 Å². The number of benzene rings is 1. The first-order chi connectivity index (χ1) is 9.54. The fraction of sp³-hybridized carbons (Fsp3) is 0.438. The molecule has 0 unspecified atom stereocenters. The molecule has 1 atom stereocenters. The molecule has 1 aromatic heterocycles. The average Bonchev–Trinajstić information content (AvgIpc) is 2.84. The van der Waals surface area contributed by atoms with E-state index in [1.165, 1.54) is 11.1 Å². The quantitative estimate of drug-likeness (QED) is 0.877. The zero-order chi connectivity index (χ0) is 14.5. The molecular weight excluding hydrogens is 248 g/mol. The zero-order valence-corrected chi connectivity index (χ0v) is 12.8. The minimum atomic E-state index is 0.280. The van der Waals surface area contributed by atoms with E-state index in [-0.39, 0.29) is 6.04 Å². The van der Waals surface area contributed by atoms with E-state index in [1.807, 2.05) is 10.9 Å². The van der Waals surface area contributed by atoms with Gasteiger partial charge in [0.15, 0.2) is 0 Å². The summed E-state index contributed by atoms with van der Waals surface area (Å²) >= 11 is 0. The van der Waals surface area contributed by atoms with Crippen molar-refractivity contribution in [3.8, 4) is 0 Å². The van der Waals surface area contributed by atoms with Crippen LogP contribution < -0.4 is 5.32 Å². The zero-order valence-electron chi connectivity index (χ0n) is 12.8. The molecule has 1 N–H and O–H groups in total. The van der Waals surface area contributed by atoms with Gasteiger partial charge in [0.2, 0.25) is 0 Å². The van der Waals surface area contributed by atoms with Crippen LogP contribution in [0, 0.1) is 6.92 Å². The highest BCUT2D eigenvalue weighted by Gasteiger charge is 2.06. The highest BCUT2D eigenvalue weighted by Crippen LogP contribution is 2.19. The molecule has 0 aliphatic carbocycles. The van der Waals surface area contributed by atoms with Gasteiger partial charge in [0.1, 0.15) is 0 Å². The van der Waals surface area contributed by atoms with Crippen molar-refractivity contribution in [2.75, 3.05) is 26.0 Å². The molecule has 1 heterocycles. The summed E-state index contributed by atoms with van der Waals surface area (Å²) in [6.45, 7) is 6.18. The summed E-state index contributed by atoms with van der Waals surface area (Å²) in [5.74, 6) is 0. The molecule has 4 heteroatoms. The molecule has 0 radical (unpaired) electrons. The summed E-state index contributed by atoms with van der Waals surface area (Å²) in [7, 11) is 4.14. The Balaban J connectivity index is 1.94. The molecule has 0 aliphatic rings. The Bertz CT molecular complexity index is 528. The van der Waals surface area contributed by atoms with Gasteiger partial charge in [-0.25, -0.2) is 0 Å². The third-order valence-electron chi connectivity index (χ3n) is 3.37. The van der Waals surface area contributed by atoms with Gasteiger partial charge in [-0.3, -0.25) is 4.68 Å². The Kier molecular flexibility index (Phi) is 4.79. The molecule has 0 spiro atoms. The fourth-order valence-corrected chi connectivity index (χ4v) is 2.05. The number of hydrogen-bond donors (Lipinski definition) is 1. The SMILES string of the molecule is Cc1ccc([C@H](C)Nc2cnn(CCN(C)C)c2)cc1. The van der Waals surface area contributed by atoms with Crippen molar-refractivity contribution < 1.29 is 0 Å². The van der Waals surface area contributed by atoms with Crippen molar-refractivity contribution in [1.29, 1.82) is 0 Å². The van der Waals surface area contributed by atoms with Gasteiger partial charge >= 0.3 is 0 Å². The molecule has 4 nitrogen and oxygen atoms in total. The lowest BCUT2D eigenvalue weighted by Gasteiger charge is -2.14. The number of aromatic nitrogens is 2. The van der Waals surface area contributed by atoms with Gasteiger partial charge < -0.3 is 10.2 Å². The van der Waals surface area contributed by atoms with Crippen molar-refractivity contribution in [2.24, 2.45) is 0 Å². The third kappa shape index (κ3) is 4.10. The first-order valence-electron chi connectivity index (χ1n) is 7.05. The Morgan fingerprint density at radius 3 is 2.60 bits per heavy atom. The molecule has 0 amide bonds. The van der Waals surface area contributed by atoms with E-state index < -0.39 is 0 Å². The highest BCUT2D eigenvalue weighted by molar-refractivity contribution is 5.41. The normalized spacial score (nSPS) is 12.7. The monoisotopic (exact) mass is 272 g/mol. The van der Waals surface area contributed by atoms with Gasteiger partial charge in [-0.05, 0) is 33.5 Å². The highest BCUT2D eigenvalue weighted by atomic mass is 15.3. The number of nitrogens with one attached hydrogen (secondary N) is 1. The molecule has 0 saturated carbocycles. The topological polar surface area (TPSA) is 33.1 Å². The van der Waals surface area contributed by atoms with E-state index >= 15 is 0 Å². The van der Waals surface area contributed by atoms with Crippen LogP contribution in [0.3, 0.4) is 0 Å². The third-order valence-corrected chi connectivity index (χ3v) is 3.37. The predicted octanol–water partition coefficient (Wildman–Crippen LogP) is 2.93.